The van der Waals surface area contributed by atoms with Crippen molar-refractivity contribution in [3.05, 3.63) is 75.8 Å². The number of nitrogens with zero attached hydrogens (tertiary/aromatic N) is 6. The van der Waals surface area contributed by atoms with Gasteiger partial charge in [0.15, 0.2) is 0 Å². The number of nitrogens with two attached hydrogens (primary N) is 1. The van der Waals surface area contributed by atoms with Crippen LogP contribution < -0.4 is 15.8 Å². The topological polar surface area (TPSA) is 111 Å². The molecule has 3 N–H and O–H groups in total. The minimum Gasteiger partial charge on any atom is -0.304 e. The van der Waals surface area contributed by atoms with Crippen molar-refractivity contribution in [2.45, 2.75) is 26.4 Å². The number of nitrogens with one attached hydrogen (secondary N) is 1. The van der Waals surface area contributed by atoms with Crippen LogP contribution in [-0.2, 0) is 11.3 Å². The molecule has 0 spiro atoms. The van der Waals surface area contributed by atoms with Crippen molar-refractivity contribution in [3.8, 4) is 6.07 Å². The van der Waals surface area contributed by atoms with Crippen molar-refractivity contribution in [2.75, 3.05) is 39.8 Å². The Morgan fingerprint density at radius 3 is 2.59 bits per heavy atom. The van der Waals surface area contributed by atoms with Gasteiger partial charge in [-0.05, 0) is 40.7 Å². The molecule has 2 aliphatic heterocycles. The standard InChI is InChI=1S/C27H33BrN8O/c1-19(2)17-36(26-23(28)15-31-25(14-29)32-26)18-22(27(37)33-30)8-9-24(36)21-6-4-20(5-7-21)16-35-12-10-34(3)11-13-35/h4-9,15,18-19,24H,10-13,16-17,30H2,1-3H3/p+1. The lowest BCUT2D eigenvalue weighted by Gasteiger charge is -2.42. The molecule has 37 heavy (non-hydrogen) atoms. The summed E-state index contributed by atoms with van der Waals surface area (Å²) in [5.74, 6) is 6.06. The van der Waals surface area contributed by atoms with Crippen LogP contribution in [0.25, 0.3) is 0 Å². The second kappa shape index (κ2) is 11.6. The summed E-state index contributed by atoms with van der Waals surface area (Å²) >= 11 is 3.63. The van der Waals surface area contributed by atoms with E-state index in [2.05, 4.69) is 92.4 Å². The molecule has 1 aromatic heterocycles. The maximum Gasteiger partial charge on any atom is 0.270 e. The third-order valence-corrected chi connectivity index (χ3v) is 7.49. The van der Waals surface area contributed by atoms with Gasteiger partial charge in [0.05, 0.1) is 18.3 Å². The Kier molecular flexibility index (Phi) is 8.52. The Balaban J connectivity index is 1.77. The number of halogens is 1. The number of aromatic nitrogens is 2. The van der Waals surface area contributed by atoms with E-state index in [1.165, 1.54) is 5.56 Å². The molecular formula is C27H34BrN8O+. The maximum atomic E-state index is 12.6. The lowest BCUT2D eigenvalue weighted by molar-refractivity contribution is -0.117. The molecule has 1 amide bonds. The van der Waals surface area contributed by atoms with Gasteiger partial charge >= 0.3 is 0 Å². The van der Waals surface area contributed by atoms with Crippen LogP contribution in [0.5, 0.6) is 0 Å². The van der Waals surface area contributed by atoms with Gasteiger partial charge in [-0.2, -0.15) is 10.2 Å². The Morgan fingerprint density at radius 2 is 1.97 bits per heavy atom. The van der Waals surface area contributed by atoms with Gasteiger partial charge in [-0.3, -0.25) is 15.1 Å². The third kappa shape index (κ3) is 5.98. The number of benzene rings is 1. The summed E-state index contributed by atoms with van der Waals surface area (Å²) in [6.45, 7) is 10.1. The van der Waals surface area contributed by atoms with E-state index in [4.69, 9.17) is 5.84 Å². The van der Waals surface area contributed by atoms with Crippen LogP contribution >= 0.6 is 15.9 Å². The fraction of sp³-hybridized carbons (Fsp3) is 0.407. The Hall–Kier alpha value is -2.94. The van der Waals surface area contributed by atoms with Crippen molar-refractivity contribution >= 4 is 27.7 Å². The molecule has 3 heterocycles. The summed E-state index contributed by atoms with van der Waals surface area (Å²) in [5, 5.41) is 9.54. The largest absolute Gasteiger partial charge is 0.304 e. The van der Waals surface area contributed by atoms with Crippen molar-refractivity contribution < 1.29 is 4.79 Å². The van der Waals surface area contributed by atoms with Crippen LogP contribution in [0.2, 0.25) is 0 Å². The van der Waals surface area contributed by atoms with Gasteiger partial charge in [0, 0.05) is 44.2 Å². The molecule has 0 bridgehead atoms. The van der Waals surface area contributed by atoms with E-state index in [1.54, 1.807) is 6.20 Å². The van der Waals surface area contributed by atoms with Gasteiger partial charge < -0.3 is 4.90 Å². The summed E-state index contributed by atoms with van der Waals surface area (Å²) in [5.41, 5.74) is 5.04. The zero-order valence-corrected chi connectivity index (χ0v) is 23.1. The fourth-order valence-corrected chi connectivity index (χ4v) is 5.67. The van der Waals surface area contributed by atoms with Crippen LogP contribution in [0.1, 0.15) is 36.8 Å². The van der Waals surface area contributed by atoms with Crippen molar-refractivity contribution in [1.82, 2.24) is 29.7 Å². The monoisotopic (exact) mass is 565 g/mol. The first kappa shape index (κ1) is 27.1. The van der Waals surface area contributed by atoms with E-state index >= 15 is 0 Å². The first-order valence-corrected chi connectivity index (χ1v) is 13.3. The van der Waals surface area contributed by atoms with Crippen LogP contribution in [-0.4, -0.2) is 65.4 Å². The number of quaternary nitrogens is 1. The van der Waals surface area contributed by atoms with Gasteiger partial charge in [0.2, 0.25) is 5.82 Å². The number of carbonyl (C=O) groups excluding carboxylic acids is 1. The second-order valence-electron chi connectivity index (χ2n) is 10.2. The van der Waals surface area contributed by atoms with E-state index in [-0.39, 0.29) is 28.2 Å². The van der Waals surface area contributed by atoms with E-state index in [9.17, 15) is 10.1 Å². The number of hydrazine groups is 1. The minimum absolute atomic E-state index is 0.0773. The van der Waals surface area contributed by atoms with E-state index in [0.717, 1.165) is 38.3 Å². The van der Waals surface area contributed by atoms with E-state index in [1.807, 2.05) is 18.4 Å². The number of hydrogen-bond donors (Lipinski definition) is 2. The van der Waals surface area contributed by atoms with Crippen LogP contribution in [0.3, 0.4) is 0 Å². The molecular weight excluding hydrogens is 532 g/mol. The van der Waals surface area contributed by atoms with Crippen molar-refractivity contribution in [2.24, 2.45) is 11.8 Å². The lowest BCUT2D eigenvalue weighted by atomic mass is 9.94. The van der Waals surface area contributed by atoms with Crippen molar-refractivity contribution in [3.63, 3.8) is 0 Å². The van der Waals surface area contributed by atoms with Gasteiger partial charge in [-0.1, -0.05) is 38.1 Å². The number of likely N-dealkylation sites (N-methyl/N-ethyl adjacent to an activating group) is 1. The first-order valence-electron chi connectivity index (χ1n) is 12.5. The Morgan fingerprint density at radius 1 is 1.27 bits per heavy atom. The van der Waals surface area contributed by atoms with E-state index < -0.39 is 0 Å². The Bertz CT molecular complexity index is 1230. The predicted octanol–water partition coefficient (Wildman–Crippen LogP) is 3.01. The summed E-state index contributed by atoms with van der Waals surface area (Å²) in [6, 6.07) is 10.6. The molecule has 1 fully saturated rings. The Labute approximate surface area is 227 Å². The highest BCUT2D eigenvalue weighted by molar-refractivity contribution is 9.10. The highest BCUT2D eigenvalue weighted by atomic mass is 79.9. The van der Waals surface area contributed by atoms with Crippen LogP contribution in [0.15, 0.2) is 58.9 Å². The van der Waals surface area contributed by atoms with Crippen molar-refractivity contribution in [1.29, 1.82) is 5.26 Å². The highest BCUT2D eigenvalue weighted by Crippen LogP contribution is 2.43. The van der Waals surface area contributed by atoms with Gasteiger partial charge in [-0.25, -0.2) is 15.3 Å². The average molecular weight is 567 g/mol. The second-order valence-corrected chi connectivity index (χ2v) is 11.0. The summed E-state index contributed by atoms with van der Waals surface area (Å²) in [4.78, 5) is 26.2. The minimum atomic E-state index is -0.380. The molecule has 2 atom stereocenters. The fourth-order valence-electron chi connectivity index (χ4n) is 5.15. The SMILES string of the molecule is CC(C)C[N+]1(c2nc(C#N)ncc2Br)C=C(C(=O)NN)C=CC1c1ccc(CN2CCN(C)CC2)cc1. The molecule has 9 nitrogen and oxygen atoms in total. The zero-order valence-electron chi connectivity index (χ0n) is 21.6. The highest BCUT2D eigenvalue weighted by Gasteiger charge is 2.44. The lowest BCUT2D eigenvalue weighted by Crippen LogP contribution is -2.52. The molecule has 0 aliphatic carbocycles. The van der Waals surface area contributed by atoms with E-state index in [0.29, 0.717) is 22.4 Å². The molecule has 1 aromatic carbocycles. The maximum absolute atomic E-state index is 12.6. The molecule has 10 heteroatoms. The van der Waals surface area contributed by atoms with Crippen LogP contribution in [0, 0.1) is 17.2 Å². The number of amides is 1. The molecule has 2 aromatic rings. The first-order chi connectivity index (χ1) is 17.8. The number of nitriles is 1. The average Bonchev–Trinajstić information content (AvgIpc) is 2.90. The smallest absolute Gasteiger partial charge is 0.270 e. The normalized spacial score (nSPS) is 22.5. The summed E-state index contributed by atoms with van der Waals surface area (Å²) in [7, 11) is 2.16. The number of carbonyl (C=O) groups is 1. The quantitative estimate of drug-likeness (QED) is 0.230. The molecule has 2 unspecified atom stereocenters. The molecule has 1 saturated heterocycles. The molecule has 4 rings (SSSR count). The number of hydrogen-bond acceptors (Lipinski definition) is 7. The molecule has 194 valence electrons. The third-order valence-electron chi connectivity index (χ3n) is 6.93. The number of rotatable bonds is 7. The van der Waals surface area contributed by atoms with Gasteiger partial charge in [0.25, 0.3) is 11.7 Å². The summed E-state index contributed by atoms with van der Waals surface area (Å²) < 4.78 is 0.884. The summed E-state index contributed by atoms with van der Waals surface area (Å²) in [6.07, 6.45) is 7.34. The molecule has 2 aliphatic rings. The van der Waals surface area contributed by atoms with Gasteiger partial charge in [-0.15, -0.1) is 0 Å². The van der Waals surface area contributed by atoms with Gasteiger partial charge in [0.1, 0.15) is 22.8 Å². The zero-order chi connectivity index (χ0) is 26.6. The number of piperazine rings is 1. The molecule has 0 radical (unpaired) electrons. The van der Waals surface area contributed by atoms with Crippen LogP contribution in [0.4, 0.5) is 5.82 Å². The predicted molar refractivity (Wildman–Crippen MR) is 147 cm³/mol. The molecule has 0 saturated carbocycles.